The van der Waals surface area contributed by atoms with E-state index in [-0.39, 0.29) is 0 Å². The Morgan fingerprint density at radius 3 is 2.44 bits per heavy atom. The summed E-state index contributed by atoms with van der Waals surface area (Å²) in [5.41, 5.74) is 5.37. The number of nitrogens with two attached hydrogens (primary N) is 1. The van der Waals surface area contributed by atoms with E-state index < -0.39 is 10.8 Å². The van der Waals surface area contributed by atoms with Gasteiger partial charge in [-0.05, 0) is 32.0 Å². The van der Waals surface area contributed by atoms with Gasteiger partial charge in [0.15, 0.2) is 11.5 Å². The van der Waals surface area contributed by atoms with Gasteiger partial charge in [0.2, 0.25) is 0 Å². The van der Waals surface area contributed by atoms with Crippen LogP contribution >= 0.6 is 0 Å². The van der Waals surface area contributed by atoms with E-state index in [1.807, 2.05) is 31.2 Å². The Morgan fingerprint density at radius 1 is 1.17 bits per heavy atom. The molecule has 2 N–H and O–H groups in total. The van der Waals surface area contributed by atoms with Crippen LogP contribution < -0.4 is 15.2 Å². The fraction of sp³-hybridized carbons (Fsp3) is 0.538. The molecule has 0 saturated heterocycles. The lowest BCUT2D eigenvalue weighted by molar-refractivity contribution is 0.289. The second kappa shape index (κ2) is 8.94. The molecule has 0 aliphatic heterocycles. The Morgan fingerprint density at radius 2 is 1.83 bits per heavy atom. The van der Waals surface area contributed by atoms with Crippen LogP contribution in [0.15, 0.2) is 24.3 Å². The Balaban J connectivity index is 2.36. The van der Waals surface area contributed by atoms with E-state index in [9.17, 15) is 4.21 Å². The highest BCUT2D eigenvalue weighted by atomic mass is 32.2. The van der Waals surface area contributed by atoms with Crippen LogP contribution in [-0.4, -0.2) is 35.5 Å². The number of ether oxygens (including phenoxy) is 2. The Bertz CT molecular complexity index is 371. The van der Waals surface area contributed by atoms with Gasteiger partial charge in [0.25, 0.3) is 0 Å². The molecule has 1 atom stereocenters. The molecule has 0 bridgehead atoms. The maximum atomic E-state index is 11.5. The van der Waals surface area contributed by atoms with E-state index in [4.69, 9.17) is 15.2 Å². The van der Waals surface area contributed by atoms with Crippen LogP contribution in [0.5, 0.6) is 11.5 Å². The third kappa shape index (κ3) is 5.51. The summed E-state index contributed by atoms with van der Waals surface area (Å²) < 4.78 is 22.6. The topological polar surface area (TPSA) is 61.5 Å². The van der Waals surface area contributed by atoms with Crippen LogP contribution in [-0.2, 0) is 10.8 Å². The van der Waals surface area contributed by atoms with Crippen molar-refractivity contribution in [3.8, 4) is 11.5 Å². The summed E-state index contributed by atoms with van der Waals surface area (Å²) in [5, 5.41) is 0. The number of benzene rings is 1. The van der Waals surface area contributed by atoms with Crippen molar-refractivity contribution < 1.29 is 13.7 Å². The molecule has 0 saturated carbocycles. The average molecular weight is 271 g/mol. The van der Waals surface area contributed by atoms with Crippen molar-refractivity contribution in [3.63, 3.8) is 0 Å². The molecule has 102 valence electrons. The smallest absolute Gasteiger partial charge is 0.161 e. The molecule has 0 radical (unpaired) electrons. The van der Waals surface area contributed by atoms with Gasteiger partial charge in [-0.1, -0.05) is 12.1 Å². The van der Waals surface area contributed by atoms with Crippen LogP contribution in [0.3, 0.4) is 0 Å². The Labute approximate surface area is 111 Å². The molecule has 18 heavy (non-hydrogen) atoms. The molecule has 1 aromatic carbocycles. The van der Waals surface area contributed by atoms with Crippen LogP contribution in [0.1, 0.15) is 13.3 Å². The van der Waals surface area contributed by atoms with E-state index in [1.54, 1.807) is 0 Å². The van der Waals surface area contributed by atoms with Gasteiger partial charge in [-0.2, -0.15) is 0 Å². The molecule has 4 nitrogen and oxygen atoms in total. The van der Waals surface area contributed by atoms with Gasteiger partial charge in [-0.25, -0.2) is 0 Å². The molecule has 5 heteroatoms. The van der Waals surface area contributed by atoms with E-state index in [1.165, 1.54) is 0 Å². The van der Waals surface area contributed by atoms with Crippen molar-refractivity contribution in [2.75, 3.05) is 31.3 Å². The minimum Gasteiger partial charge on any atom is -0.490 e. The second-order valence-corrected chi connectivity index (χ2v) is 5.41. The van der Waals surface area contributed by atoms with Crippen LogP contribution in [0.4, 0.5) is 0 Å². The SMILES string of the molecule is CCOc1ccccc1OCCS(=O)CCCN. The summed E-state index contributed by atoms with van der Waals surface area (Å²) in [4.78, 5) is 0. The summed E-state index contributed by atoms with van der Waals surface area (Å²) in [6, 6.07) is 7.51. The third-order valence-electron chi connectivity index (χ3n) is 2.29. The van der Waals surface area contributed by atoms with Crippen molar-refractivity contribution in [3.05, 3.63) is 24.3 Å². The van der Waals surface area contributed by atoms with Crippen molar-refractivity contribution in [2.24, 2.45) is 5.73 Å². The van der Waals surface area contributed by atoms with Crippen molar-refractivity contribution >= 4 is 10.8 Å². The Kier molecular flexibility index (Phi) is 7.44. The third-order valence-corrected chi connectivity index (χ3v) is 3.66. The molecule has 0 heterocycles. The van der Waals surface area contributed by atoms with Crippen molar-refractivity contribution in [1.29, 1.82) is 0 Å². The summed E-state index contributed by atoms with van der Waals surface area (Å²) in [6.45, 7) is 3.54. The lowest BCUT2D eigenvalue weighted by Crippen LogP contribution is -2.13. The molecular formula is C13H21NO3S. The monoisotopic (exact) mass is 271 g/mol. The summed E-state index contributed by atoms with van der Waals surface area (Å²) in [6.07, 6.45) is 0.794. The molecule has 0 fully saturated rings. The number of para-hydroxylation sites is 2. The molecule has 0 amide bonds. The van der Waals surface area contributed by atoms with E-state index >= 15 is 0 Å². The number of hydrogen-bond acceptors (Lipinski definition) is 4. The normalized spacial score (nSPS) is 12.1. The largest absolute Gasteiger partial charge is 0.490 e. The number of hydrogen-bond donors (Lipinski definition) is 1. The van der Waals surface area contributed by atoms with Crippen molar-refractivity contribution in [1.82, 2.24) is 0 Å². The standard InChI is InChI=1S/C13H21NO3S/c1-2-16-12-6-3-4-7-13(12)17-9-11-18(15)10-5-8-14/h3-4,6-7H,2,5,8-11,14H2,1H3. The predicted octanol–water partition coefficient (Wildman–Crippen LogP) is 1.56. The van der Waals surface area contributed by atoms with E-state index in [0.717, 1.165) is 12.2 Å². The minimum absolute atomic E-state index is 0.432. The first-order valence-electron chi connectivity index (χ1n) is 6.17. The zero-order chi connectivity index (χ0) is 13.2. The van der Waals surface area contributed by atoms with Gasteiger partial charge in [-0.15, -0.1) is 0 Å². The quantitative estimate of drug-likeness (QED) is 0.740. The molecule has 0 aliphatic carbocycles. The first kappa shape index (κ1) is 15.0. The number of rotatable bonds is 9. The fourth-order valence-electron chi connectivity index (χ4n) is 1.44. The highest BCUT2D eigenvalue weighted by Gasteiger charge is 2.04. The maximum Gasteiger partial charge on any atom is 0.161 e. The molecule has 0 aromatic heterocycles. The van der Waals surface area contributed by atoms with Crippen LogP contribution in [0.2, 0.25) is 0 Å². The van der Waals surface area contributed by atoms with Gasteiger partial charge < -0.3 is 15.2 Å². The van der Waals surface area contributed by atoms with Crippen molar-refractivity contribution in [2.45, 2.75) is 13.3 Å². The molecule has 1 unspecified atom stereocenters. The summed E-state index contributed by atoms with van der Waals surface area (Å²) >= 11 is 0. The van der Waals surface area contributed by atoms with Crippen LogP contribution in [0.25, 0.3) is 0 Å². The van der Waals surface area contributed by atoms with Gasteiger partial charge in [-0.3, -0.25) is 4.21 Å². The van der Waals surface area contributed by atoms with Gasteiger partial charge in [0.1, 0.15) is 0 Å². The summed E-state index contributed by atoms with van der Waals surface area (Å²) in [7, 11) is -0.850. The first-order chi connectivity index (χ1) is 8.77. The van der Waals surface area contributed by atoms with Gasteiger partial charge in [0, 0.05) is 16.6 Å². The first-order valence-corrected chi connectivity index (χ1v) is 7.66. The zero-order valence-corrected chi connectivity index (χ0v) is 11.6. The zero-order valence-electron chi connectivity index (χ0n) is 10.8. The molecule has 1 aromatic rings. The lowest BCUT2D eigenvalue weighted by atomic mass is 10.3. The minimum atomic E-state index is -0.850. The van der Waals surface area contributed by atoms with Crippen LogP contribution in [0, 0.1) is 0 Å². The highest BCUT2D eigenvalue weighted by molar-refractivity contribution is 7.84. The molecule has 1 rings (SSSR count). The van der Waals surface area contributed by atoms with Gasteiger partial charge in [0.05, 0.1) is 19.0 Å². The maximum absolute atomic E-state index is 11.5. The molecule has 0 spiro atoms. The molecular weight excluding hydrogens is 250 g/mol. The van der Waals surface area contributed by atoms with Gasteiger partial charge >= 0.3 is 0 Å². The lowest BCUT2D eigenvalue weighted by Gasteiger charge is -2.11. The fourth-order valence-corrected chi connectivity index (χ4v) is 2.40. The molecule has 0 aliphatic rings. The second-order valence-electron chi connectivity index (χ2n) is 3.72. The Hall–Kier alpha value is -1.07. The van der Waals surface area contributed by atoms with E-state index in [0.29, 0.717) is 37.0 Å². The van der Waals surface area contributed by atoms with E-state index in [2.05, 4.69) is 0 Å². The highest BCUT2D eigenvalue weighted by Crippen LogP contribution is 2.26. The predicted molar refractivity (Wildman–Crippen MR) is 74.7 cm³/mol. The summed E-state index contributed by atoms with van der Waals surface area (Å²) in [5.74, 6) is 2.61. The average Bonchev–Trinajstić information content (AvgIpc) is 2.38.